The number of rotatable bonds is 5. The van der Waals surface area contributed by atoms with E-state index in [1.807, 2.05) is 27.0 Å². The Kier molecular flexibility index (Phi) is 4.75. The molecule has 0 radical (unpaired) electrons. The lowest BCUT2D eigenvalue weighted by Gasteiger charge is -2.21. The number of carbonyl (C=O) groups is 1. The molecule has 1 unspecified atom stereocenters. The number of aromatic nitrogens is 1. The number of anilines is 2. The Morgan fingerprint density at radius 2 is 2.12 bits per heavy atom. The molecule has 17 heavy (non-hydrogen) atoms. The van der Waals surface area contributed by atoms with Crippen molar-refractivity contribution in [3.63, 3.8) is 0 Å². The Labute approximate surface area is 102 Å². The van der Waals surface area contributed by atoms with Gasteiger partial charge in [0, 0.05) is 20.6 Å². The van der Waals surface area contributed by atoms with Gasteiger partial charge < -0.3 is 15.5 Å². The maximum Gasteiger partial charge on any atom is 0.244 e. The van der Waals surface area contributed by atoms with Crippen molar-refractivity contribution in [3.8, 4) is 0 Å². The number of amides is 1. The highest BCUT2D eigenvalue weighted by Crippen LogP contribution is 2.13. The molecular formula is C12H20N4O. The summed E-state index contributed by atoms with van der Waals surface area (Å²) >= 11 is 0. The molecule has 1 aromatic heterocycles. The maximum absolute atomic E-state index is 11.9. The minimum absolute atomic E-state index is 0.0716. The van der Waals surface area contributed by atoms with Gasteiger partial charge in [-0.05, 0) is 19.9 Å². The van der Waals surface area contributed by atoms with Crippen LogP contribution in [0.1, 0.15) is 13.8 Å². The summed E-state index contributed by atoms with van der Waals surface area (Å²) in [7, 11) is 3.63. The van der Waals surface area contributed by atoms with Crippen LogP contribution in [0.4, 0.5) is 11.4 Å². The van der Waals surface area contributed by atoms with E-state index in [2.05, 4.69) is 15.6 Å². The summed E-state index contributed by atoms with van der Waals surface area (Å²) < 4.78 is 0. The van der Waals surface area contributed by atoms with Gasteiger partial charge >= 0.3 is 0 Å². The molecule has 1 atom stereocenters. The summed E-state index contributed by atoms with van der Waals surface area (Å²) in [6, 6.07) is 1.66. The van der Waals surface area contributed by atoms with Gasteiger partial charge in [-0.15, -0.1) is 0 Å². The van der Waals surface area contributed by atoms with E-state index in [0.29, 0.717) is 6.54 Å². The first-order chi connectivity index (χ1) is 8.08. The third-order valence-corrected chi connectivity index (χ3v) is 2.63. The summed E-state index contributed by atoms with van der Waals surface area (Å²) in [6.45, 7) is 4.51. The zero-order chi connectivity index (χ0) is 12.8. The molecule has 94 valence electrons. The van der Waals surface area contributed by atoms with Crippen LogP contribution in [0.15, 0.2) is 18.5 Å². The van der Waals surface area contributed by atoms with E-state index in [1.54, 1.807) is 24.3 Å². The Hall–Kier alpha value is -1.78. The van der Waals surface area contributed by atoms with Crippen LogP contribution in [0, 0.1) is 0 Å². The van der Waals surface area contributed by atoms with Gasteiger partial charge in [-0.1, -0.05) is 0 Å². The summed E-state index contributed by atoms with van der Waals surface area (Å²) in [5, 5.41) is 6.14. The van der Waals surface area contributed by atoms with E-state index in [0.717, 1.165) is 11.4 Å². The van der Waals surface area contributed by atoms with Gasteiger partial charge in [-0.2, -0.15) is 0 Å². The molecule has 0 saturated heterocycles. The lowest BCUT2D eigenvalue weighted by atomic mass is 10.2. The number of nitrogens with one attached hydrogen (secondary N) is 2. The summed E-state index contributed by atoms with van der Waals surface area (Å²) in [6.07, 6.45) is 3.44. The molecule has 1 aromatic rings. The molecule has 0 aliphatic rings. The van der Waals surface area contributed by atoms with Crippen LogP contribution in [0.25, 0.3) is 0 Å². The minimum Gasteiger partial charge on any atom is -0.387 e. The zero-order valence-corrected chi connectivity index (χ0v) is 10.8. The first-order valence-electron chi connectivity index (χ1n) is 5.72. The van der Waals surface area contributed by atoms with E-state index in [4.69, 9.17) is 0 Å². The monoisotopic (exact) mass is 236 g/mol. The molecule has 5 heteroatoms. The predicted molar refractivity (Wildman–Crippen MR) is 70.2 cm³/mol. The minimum atomic E-state index is -0.256. The SMILES string of the molecule is CCN(C)C(=O)C(C)Nc1cncc(NC)c1. The Morgan fingerprint density at radius 3 is 2.71 bits per heavy atom. The Morgan fingerprint density at radius 1 is 1.47 bits per heavy atom. The molecule has 0 aliphatic carbocycles. The molecular weight excluding hydrogens is 216 g/mol. The van der Waals surface area contributed by atoms with Crippen molar-refractivity contribution in [2.75, 3.05) is 31.3 Å². The summed E-state index contributed by atoms with van der Waals surface area (Å²) in [5.41, 5.74) is 1.75. The average Bonchev–Trinajstić information content (AvgIpc) is 2.37. The van der Waals surface area contributed by atoms with Crippen molar-refractivity contribution < 1.29 is 4.79 Å². The molecule has 0 aromatic carbocycles. The first kappa shape index (κ1) is 13.3. The van der Waals surface area contributed by atoms with E-state index < -0.39 is 0 Å². The van der Waals surface area contributed by atoms with Crippen molar-refractivity contribution in [1.82, 2.24) is 9.88 Å². The molecule has 1 rings (SSSR count). The molecule has 0 spiro atoms. The highest BCUT2D eigenvalue weighted by Gasteiger charge is 2.15. The summed E-state index contributed by atoms with van der Waals surface area (Å²) in [5.74, 6) is 0.0716. The van der Waals surface area contributed by atoms with Gasteiger partial charge in [0.1, 0.15) is 6.04 Å². The highest BCUT2D eigenvalue weighted by molar-refractivity contribution is 5.84. The van der Waals surface area contributed by atoms with E-state index in [9.17, 15) is 4.79 Å². The van der Waals surface area contributed by atoms with Crippen LogP contribution in [-0.4, -0.2) is 42.5 Å². The number of hydrogen-bond acceptors (Lipinski definition) is 4. The lowest BCUT2D eigenvalue weighted by molar-refractivity contribution is -0.130. The van der Waals surface area contributed by atoms with Crippen molar-refractivity contribution in [2.24, 2.45) is 0 Å². The van der Waals surface area contributed by atoms with Crippen LogP contribution in [0.5, 0.6) is 0 Å². The Bertz CT molecular complexity index is 381. The topological polar surface area (TPSA) is 57.3 Å². The number of pyridine rings is 1. The molecule has 1 amide bonds. The molecule has 5 nitrogen and oxygen atoms in total. The van der Waals surface area contributed by atoms with Crippen molar-refractivity contribution in [2.45, 2.75) is 19.9 Å². The van der Waals surface area contributed by atoms with E-state index >= 15 is 0 Å². The zero-order valence-electron chi connectivity index (χ0n) is 10.8. The number of hydrogen-bond donors (Lipinski definition) is 2. The van der Waals surface area contributed by atoms with Gasteiger partial charge in [-0.3, -0.25) is 9.78 Å². The fourth-order valence-corrected chi connectivity index (χ4v) is 1.45. The van der Waals surface area contributed by atoms with Gasteiger partial charge in [0.15, 0.2) is 0 Å². The fourth-order valence-electron chi connectivity index (χ4n) is 1.45. The van der Waals surface area contributed by atoms with E-state index in [1.165, 1.54) is 0 Å². The van der Waals surface area contributed by atoms with Crippen LogP contribution in [-0.2, 0) is 4.79 Å². The van der Waals surface area contributed by atoms with Gasteiger partial charge in [0.2, 0.25) is 5.91 Å². The quantitative estimate of drug-likeness (QED) is 0.811. The molecule has 0 aliphatic heterocycles. The summed E-state index contributed by atoms with van der Waals surface area (Å²) in [4.78, 5) is 17.6. The number of nitrogens with zero attached hydrogens (tertiary/aromatic N) is 2. The second kappa shape index (κ2) is 6.08. The van der Waals surface area contributed by atoms with Crippen LogP contribution >= 0.6 is 0 Å². The van der Waals surface area contributed by atoms with Gasteiger partial charge in [0.05, 0.1) is 23.8 Å². The lowest BCUT2D eigenvalue weighted by Crippen LogP contribution is -2.38. The van der Waals surface area contributed by atoms with E-state index in [-0.39, 0.29) is 11.9 Å². The van der Waals surface area contributed by atoms with Crippen molar-refractivity contribution in [1.29, 1.82) is 0 Å². The van der Waals surface area contributed by atoms with Gasteiger partial charge in [-0.25, -0.2) is 0 Å². The second-order valence-corrected chi connectivity index (χ2v) is 3.93. The molecule has 0 saturated carbocycles. The average molecular weight is 236 g/mol. The van der Waals surface area contributed by atoms with Crippen molar-refractivity contribution >= 4 is 17.3 Å². The van der Waals surface area contributed by atoms with Crippen LogP contribution < -0.4 is 10.6 Å². The fraction of sp³-hybridized carbons (Fsp3) is 0.500. The number of likely N-dealkylation sites (N-methyl/N-ethyl adjacent to an activating group) is 1. The smallest absolute Gasteiger partial charge is 0.244 e. The molecule has 0 bridgehead atoms. The number of carbonyl (C=O) groups excluding carboxylic acids is 1. The third kappa shape index (κ3) is 3.62. The Balaban J connectivity index is 2.67. The first-order valence-corrected chi connectivity index (χ1v) is 5.72. The normalized spacial score (nSPS) is 11.8. The molecule has 2 N–H and O–H groups in total. The molecule has 0 fully saturated rings. The largest absolute Gasteiger partial charge is 0.387 e. The standard InChI is InChI=1S/C12H20N4O/c1-5-16(4)12(17)9(2)15-11-6-10(13-3)7-14-8-11/h6-9,13,15H,5H2,1-4H3. The van der Waals surface area contributed by atoms with Crippen LogP contribution in [0.3, 0.4) is 0 Å². The highest BCUT2D eigenvalue weighted by atomic mass is 16.2. The van der Waals surface area contributed by atoms with Crippen LogP contribution in [0.2, 0.25) is 0 Å². The van der Waals surface area contributed by atoms with Gasteiger partial charge in [0.25, 0.3) is 0 Å². The third-order valence-electron chi connectivity index (χ3n) is 2.63. The second-order valence-electron chi connectivity index (χ2n) is 3.93. The maximum atomic E-state index is 11.9. The predicted octanol–water partition coefficient (Wildman–Crippen LogP) is 1.40. The molecule has 1 heterocycles. The van der Waals surface area contributed by atoms with Crippen molar-refractivity contribution in [3.05, 3.63) is 18.5 Å².